The number of aromatic nitrogens is 5. The molecule has 0 saturated heterocycles. The fraction of sp³-hybridized carbons (Fsp3) is 0.192. The van der Waals surface area contributed by atoms with Gasteiger partial charge in [-0.25, -0.2) is 19.3 Å². The summed E-state index contributed by atoms with van der Waals surface area (Å²) in [5.41, 5.74) is 4.69. The predicted octanol–water partition coefficient (Wildman–Crippen LogP) is 5.33. The van der Waals surface area contributed by atoms with Crippen LogP contribution in [0.15, 0.2) is 73.1 Å². The largest absolute Gasteiger partial charge is 0.357 e. The lowest BCUT2D eigenvalue weighted by atomic mass is 10.1. The first kappa shape index (κ1) is 19.7. The molecule has 164 valence electrons. The number of imidazole rings is 1. The van der Waals surface area contributed by atoms with Crippen molar-refractivity contribution in [3.8, 4) is 22.6 Å². The van der Waals surface area contributed by atoms with Gasteiger partial charge in [0, 0.05) is 43.5 Å². The van der Waals surface area contributed by atoms with Crippen LogP contribution in [0.5, 0.6) is 0 Å². The van der Waals surface area contributed by atoms with Gasteiger partial charge in [0.25, 0.3) is 0 Å². The minimum Gasteiger partial charge on any atom is -0.357 e. The Hall–Kier alpha value is -4.00. The number of halogens is 1. The molecule has 6 nitrogen and oxygen atoms in total. The Kier molecular flexibility index (Phi) is 4.68. The van der Waals surface area contributed by atoms with Gasteiger partial charge in [0.05, 0.1) is 23.1 Å². The third-order valence-corrected chi connectivity index (χ3v) is 6.38. The molecule has 1 aliphatic heterocycles. The highest BCUT2D eigenvalue weighted by Crippen LogP contribution is 2.40. The molecule has 6 rings (SSSR count). The van der Waals surface area contributed by atoms with Gasteiger partial charge in [-0.2, -0.15) is 0 Å². The number of hydrogen-bond acceptors (Lipinski definition) is 4. The first-order valence-electron chi connectivity index (χ1n) is 11.1. The Morgan fingerprint density at radius 3 is 2.73 bits per heavy atom. The average molecular weight is 439 g/mol. The monoisotopic (exact) mass is 438 g/mol. The molecule has 0 spiro atoms. The number of hydrogen-bond donors (Lipinski definition) is 1. The van der Waals surface area contributed by atoms with Crippen LogP contribution in [0.3, 0.4) is 0 Å². The maximum Gasteiger partial charge on any atom is 0.222 e. The van der Waals surface area contributed by atoms with Crippen LogP contribution in [-0.2, 0) is 13.0 Å². The van der Waals surface area contributed by atoms with Crippen LogP contribution in [0.25, 0.3) is 33.5 Å². The van der Waals surface area contributed by atoms with E-state index in [1.54, 1.807) is 25.4 Å². The summed E-state index contributed by atoms with van der Waals surface area (Å²) in [6, 6.07) is 19.3. The molecule has 1 atom stereocenters. The van der Waals surface area contributed by atoms with Gasteiger partial charge in [0.2, 0.25) is 5.95 Å². The van der Waals surface area contributed by atoms with Crippen LogP contribution >= 0.6 is 0 Å². The molecule has 1 aliphatic rings. The number of para-hydroxylation sites is 1. The van der Waals surface area contributed by atoms with E-state index in [4.69, 9.17) is 9.97 Å². The highest BCUT2D eigenvalue weighted by molar-refractivity contribution is 5.80. The average Bonchev–Trinajstić information content (AvgIpc) is 3.54. The summed E-state index contributed by atoms with van der Waals surface area (Å²) in [6.45, 7) is 0.844. The predicted molar refractivity (Wildman–Crippen MR) is 127 cm³/mol. The molecule has 0 amide bonds. The number of anilines is 1. The summed E-state index contributed by atoms with van der Waals surface area (Å²) in [5.74, 6) is 1.33. The molecule has 0 saturated carbocycles. The Balaban J connectivity index is 1.50. The number of nitrogens with one attached hydrogen (secondary N) is 1. The lowest BCUT2D eigenvalue weighted by molar-refractivity contribution is 0.459. The summed E-state index contributed by atoms with van der Waals surface area (Å²) in [7, 11) is 1.81. The van der Waals surface area contributed by atoms with Crippen molar-refractivity contribution < 1.29 is 4.39 Å². The minimum atomic E-state index is -0.260. The molecule has 33 heavy (non-hydrogen) atoms. The molecular weight excluding hydrogens is 415 g/mol. The van der Waals surface area contributed by atoms with Gasteiger partial charge in [-0.1, -0.05) is 18.2 Å². The Morgan fingerprint density at radius 2 is 1.88 bits per heavy atom. The number of aryl methyl sites for hydroxylation is 1. The topological polar surface area (TPSA) is 60.6 Å². The van der Waals surface area contributed by atoms with Crippen LogP contribution in [0.1, 0.15) is 18.3 Å². The van der Waals surface area contributed by atoms with Crippen LogP contribution in [0, 0.1) is 5.82 Å². The van der Waals surface area contributed by atoms with Crippen LogP contribution in [-0.4, -0.2) is 31.1 Å². The molecule has 1 N–H and O–H groups in total. The molecule has 0 fully saturated rings. The Bertz CT molecular complexity index is 1450. The van der Waals surface area contributed by atoms with Gasteiger partial charge < -0.3 is 14.5 Å². The van der Waals surface area contributed by atoms with Crippen molar-refractivity contribution in [1.29, 1.82) is 0 Å². The van der Waals surface area contributed by atoms with Gasteiger partial charge in [-0.15, -0.1) is 0 Å². The van der Waals surface area contributed by atoms with Gasteiger partial charge in [-0.3, -0.25) is 0 Å². The fourth-order valence-corrected chi connectivity index (χ4v) is 4.84. The zero-order valence-corrected chi connectivity index (χ0v) is 18.2. The second kappa shape index (κ2) is 7.85. The molecule has 0 radical (unpaired) electrons. The molecule has 3 aromatic heterocycles. The van der Waals surface area contributed by atoms with Gasteiger partial charge >= 0.3 is 0 Å². The first-order valence-corrected chi connectivity index (χ1v) is 11.1. The molecule has 2 aromatic carbocycles. The second-order valence-corrected chi connectivity index (χ2v) is 8.34. The summed E-state index contributed by atoms with van der Waals surface area (Å²) in [6.07, 6.45) is 5.81. The number of rotatable bonds is 5. The van der Waals surface area contributed by atoms with Crippen molar-refractivity contribution in [3.05, 3.63) is 84.7 Å². The van der Waals surface area contributed by atoms with Crippen molar-refractivity contribution in [1.82, 2.24) is 24.1 Å². The highest BCUT2D eigenvalue weighted by atomic mass is 19.1. The van der Waals surface area contributed by atoms with Crippen molar-refractivity contribution in [3.63, 3.8) is 0 Å². The van der Waals surface area contributed by atoms with Gasteiger partial charge in [-0.05, 0) is 54.3 Å². The molecule has 7 heteroatoms. The third-order valence-electron chi connectivity index (χ3n) is 6.38. The number of fused-ring (bicyclic) bond motifs is 2. The van der Waals surface area contributed by atoms with E-state index in [1.807, 2.05) is 6.07 Å². The van der Waals surface area contributed by atoms with E-state index in [0.29, 0.717) is 5.95 Å². The van der Waals surface area contributed by atoms with E-state index in [1.165, 1.54) is 23.0 Å². The second-order valence-electron chi connectivity index (χ2n) is 8.34. The van der Waals surface area contributed by atoms with E-state index in [2.05, 4.69) is 56.0 Å². The molecule has 1 unspecified atom stereocenters. The maximum absolute atomic E-state index is 13.6. The van der Waals surface area contributed by atoms with Crippen LogP contribution < -0.4 is 5.32 Å². The SMILES string of the molecule is CNc1nccc(-c2c(-c3ccc(F)cc3)nc3n2C(Cn2ccc4ccccc42)CC3)n1. The van der Waals surface area contributed by atoms with Crippen molar-refractivity contribution >= 4 is 16.9 Å². The summed E-state index contributed by atoms with van der Waals surface area (Å²) in [5, 5.41) is 4.26. The number of benzene rings is 2. The number of nitrogens with zero attached hydrogens (tertiary/aromatic N) is 5. The lowest BCUT2D eigenvalue weighted by Gasteiger charge is -2.19. The van der Waals surface area contributed by atoms with Crippen molar-refractivity contribution in [2.24, 2.45) is 0 Å². The maximum atomic E-state index is 13.6. The zero-order chi connectivity index (χ0) is 22.4. The van der Waals surface area contributed by atoms with Gasteiger partial charge in [0.15, 0.2) is 0 Å². The molecule has 5 aromatic rings. The summed E-state index contributed by atoms with van der Waals surface area (Å²) >= 11 is 0. The van der Waals surface area contributed by atoms with E-state index in [9.17, 15) is 4.39 Å². The van der Waals surface area contributed by atoms with Crippen molar-refractivity contribution in [2.45, 2.75) is 25.4 Å². The Morgan fingerprint density at radius 1 is 1.03 bits per heavy atom. The highest BCUT2D eigenvalue weighted by Gasteiger charge is 2.31. The standard InChI is InChI=1S/C26H23FN6/c1-28-26-29-14-12-21(30-26)25-24(18-6-8-19(27)9-7-18)31-23-11-10-20(33(23)25)16-32-15-13-17-4-2-3-5-22(17)32/h2-9,12-15,20H,10-11,16H2,1H3,(H,28,29,30). The molecule has 4 heterocycles. The molecule has 0 bridgehead atoms. The normalized spacial score (nSPS) is 15.2. The van der Waals surface area contributed by atoms with Crippen LogP contribution in [0.2, 0.25) is 0 Å². The third kappa shape index (κ3) is 3.36. The molecular formula is C26H23FN6. The quantitative estimate of drug-likeness (QED) is 0.403. The van der Waals surface area contributed by atoms with Crippen molar-refractivity contribution in [2.75, 3.05) is 12.4 Å². The molecule has 0 aliphatic carbocycles. The summed E-state index contributed by atoms with van der Waals surface area (Å²) in [4.78, 5) is 14.0. The first-order chi connectivity index (χ1) is 16.2. The smallest absolute Gasteiger partial charge is 0.222 e. The lowest BCUT2D eigenvalue weighted by Crippen LogP contribution is -2.13. The Labute approximate surface area is 190 Å². The van der Waals surface area contributed by atoms with E-state index in [0.717, 1.165) is 47.9 Å². The summed E-state index contributed by atoms with van der Waals surface area (Å²) < 4.78 is 18.3. The minimum absolute atomic E-state index is 0.237. The zero-order valence-electron chi connectivity index (χ0n) is 18.2. The van der Waals surface area contributed by atoms with Crippen LogP contribution in [0.4, 0.5) is 10.3 Å². The van der Waals surface area contributed by atoms with E-state index >= 15 is 0 Å². The van der Waals surface area contributed by atoms with E-state index < -0.39 is 0 Å². The van der Waals surface area contributed by atoms with Gasteiger partial charge in [0.1, 0.15) is 11.6 Å². The fourth-order valence-electron chi connectivity index (χ4n) is 4.84. The van der Waals surface area contributed by atoms with E-state index in [-0.39, 0.29) is 11.9 Å².